The molecular formula is C8H18N2O2. The van der Waals surface area contributed by atoms with Crippen molar-refractivity contribution in [2.75, 3.05) is 13.1 Å². The van der Waals surface area contributed by atoms with Gasteiger partial charge in [0, 0.05) is 32.1 Å². The molecule has 0 spiro atoms. The van der Waals surface area contributed by atoms with Crippen LogP contribution in [0, 0.1) is 0 Å². The first kappa shape index (κ1) is 11.4. The maximum absolute atomic E-state index is 9.00. The fourth-order valence-corrected chi connectivity index (χ4v) is 0.900. The van der Waals surface area contributed by atoms with Crippen LogP contribution in [0.5, 0.6) is 0 Å². The zero-order valence-electron chi connectivity index (χ0n) is 7.92. The number of hydrogen-bond acceptors (Lipinski definition) is 3. The Morgan fingerprint density at radius 1 is 1.25 bits per heavy atom. The van der Waals surface area contributed by atoms with Crippen molar-refractivity contribution in [3.05, 3.63) is 0 Å². The minimum absolute atomic E-state index is 0.659. The molecule has 0 aromatic carbocycles. The van der Waals surface area contributed by atoms with Crippen LogP contribution in [0.2, 0.25) is 0 Å². The largest absolute Gasteiger partial charge is 0.481 e. The summed E-state index contributed by atoms with van der Waals surface area (Å²) in [4.78, 5) is 9.00. The second kappa shape index (κ2) is 5.97. The summed E-state index contributed by atoms with van der Waals surface area (Å²) >= 11 is 0. The van der Waals surface area contributed by atoms with Gasteiger partial charge in [-0.15, -0.1) is 0 Å². The predicted molar refractivity (Wildman–Crippen MR) is 48.2 cm³/mol. The van der Waals surface area contributed by atoms with E-state index in [1.807, 2.05) is 0 Å². The molecule has 0 saturated carbocycles. The molecule has 4 heteroatoms. The first-order valence-corrected chi connectivity index (χ1v) is 4.18. The van der Waals surface area contributed by atoms with Crippen molar-refractivity contribution >= 4 is 5.97 Å². The molecule has 2 unspecified atom stereocenters. The molecule has 72 valence electrons. The molecule has 0 aliphatic carbocycles. The maximum Gasteiger partial charge on any atom is 0.300 e. The number of carboxylic acid groups (broad SMARTS) is 1. The standard InChI is InChI=1S/C6H14N2.C2H4O2/c1-5-3-8-6(2)4-7-5;1-2(3)4/h5-8H,3-4H2,1-2H3;1H3,(H,3,4). The lowest BCUT2D eigenvalue weighted by Gasteiger charge is -2.26. The lowest BCUT2D eigenvalue weighted by Crippen LogP contribution is -2.51. The first-order chi connectivity index (χ1) is 5.52. The summed E-state index contributed by atoms with van der Waals surface area (Å²) in [6.45, 7) is 7.69. The molecule has 0 aromatic rings. The second-order valence-corrected chi connectivity index (χ2v) is 3.14. The van der Waals surface area contributed by atoms with E-state index >= 15 is 0 Å². The van der Waals surface area contributed by atoms with Crippen LogP contribution in [0.3, 0.4) is 0 Å². The predicted octanol–water partition coefficient (Wildman–Crippen LogP) is 0.0471. The minimum Gasteiger partial charge on any atom is -0.481 e. The zero-order valence-corrected chi connectivity index (χ0v) is 7.92. The number of rotatable bonds is 0. The lowest BCUT2D eigenvalue weighted by atomic mass is 10.2. The van der Waals surface area contributed by atoms with E-state index in [1.165, 1.54) is 0 Å². The second-order valence-electron chi connectivity index (χ2n) is 3.14. The fourth-order valence-electron chi connectivity index (χ4n) is 0.900. The van der Waals surface area contributed by atoms with E-state index in [-0.39, 0.29) is 0 Å². The Morgan fingerprint density at radius 3 is 1.67 bits per heavy atom. The van der Waals surface area contributed by atoms with Crippen LogP contribution in [0.4, 0.5) is 0 Å². The summed E-state index contributed by atoms with van der Waals surface area (Å²) in [6, 6.07) is 1.32. The van der Waals surface area contributed by atoms with Crippen LogP contribution in [-0.2, 0) is 4.79 Å². The fraction of sp³-hybridized carbons (Fsp3) is 0.875. The highest BCUT2D eigenvalue weighted by Crippen LogP contribution is 1.89. The molecule has 1 aliphatic heterocycles. The van der Waals surface area contributed by atoms with Crippen molar-refractivity contribution < 1.29 is 9.90 Å². The molecule has 0 amide bonds. The molecule has 1 fully saturated rings. The molecule has 3 N–H and O–H groups in total. The third-order valence-corrected chi connectivity index (χ3v) is 1.54. The Morgan fingerprint density at radius 2 is 1.50 bits per heavy atom. The van der Waals surface area contributed by atoms with Crippen LogP contribution >= 0.6 is 0 Å². The van der Waals surface area contributed by atoms with Crippen LogP contribution < -0.4 is 10.6 Å². The Balaban J connectivity index is 0.000000261. The minimum atomic E-state index is -0.833. The zero-order chi connectivity index (χ0) is 9.56. The Kier molecular flexibility index (Phi) is 5.66. The Bertz CT molecular complexity index is 117. The summed E-state index contributed by atoms with van der Waals surface area (Å²) < 4.78 is 0. The molecule has 0 aromatic heterocycles. The maximum atomic E-state index is 9.00. The van der Waals surface area contributed by atoms with Gasteiger partial charge >= 0.3 is 0 Å². The van der Waals surface area contributed by atoms with Gasteiger partial charge in [-0.3, -0.25) is 4.79 Å². The molecule has 4 nitrogen and oxygen atoms in total. The van der Waals surface area contributed by atoms with Crippen LogP contribution in [0.15, 0.2) is 0 Å². The highest BCUT2D eigenvalue weighted by Gasteiger charge is 2.10. The SMILES string of the molecule is CC(=O)O.CC1CNC(C)CN1. The smallest absolute Gasteiger partial charge is 0.300 e. The van der Waals surface area contributed by atoms with E-state index < -0.39 is 5.97 Å². The van der Waals surface area contributed by atoms with Gasteiger partial charge in [-0.2, -0.15) is 0 Å². The Hall–Kier alpha value is -0.610. The summed E-state index contributed by atoms with van der Waals surface area (Å²) in [6.07, 6.45) is 0. The summed E-state index contributed by atoms with van der Waals surface area (Å²) in [7, 11) is 0. The van der Waals surface area contributed by atoms with E-state index in [9.17, 15) is 0 Å². The topological polar surface area (TPSA) is 61.4 Å². The Labute approximate surface area is 73.3 Å². The van der Waals surface area contributed by atoms with Gasteiger partial charge < -0.3 is 15.7 Å². The van der Waals surface area contributed by atoms with E-state index in [2.05, 4.69) is 24.5 Å². The van der Waals surface area contributed by atoms with E-state index in [0.29, 0.717) is 12.1 Å². The van der Waals surface area contributed by atoms with Crippen molar-refractivity contribution in [1.29, 1.82) is 0 Å². The number of piperazine rings is 1. The van der Waals surface area contributed by atoms with Crippen molar-refractivity contribution in [2.45, 2.75) is 32.9 Å². The van der Waals surface area contributed by atoms with Gasteiger partial charge in [0.1, 0.15) is 0 Å². The van der Waals surface area contributed by atoms with Crippen LogP contribution in [-0.4, -0.2) is 36.2 Å². The molecule has 1 heterocycles. The highest BCUT2D eigenvalue weighted by molar-refractivity contribution is 5.62. The average Bonchev–Trinajstić information content (AvgIpc) is 1.94. The van der Waals surface area contributed by atoms with Crippen molar-refractivity contribution in [3.63, 3.8) is 0 Å². The van der Waals surface area contributed by atoms with Gasteiger partial charge in [-0.1, -0.05) is 0 Å². The van der Waals surface area contributed by atoms with Gasteiger partial charge in [0.2, 0.25) is 0 Å². The monoisotopic (exact) mass is 174 g/mol. The highest BCUT2D eigenvalue weighted by atomic mass is 16.4. The quantitative estimate of drug-likeness (QED) is 0.485. The number of nitrogens with one attached hydrogen (secondary N) is 2. The normalized spacial score (nSPS) is 28.6. The number of hydrogen-bond donors (Lipinski definition) is 3. The number of aliphatic carboxylic acids is 1. The first-order valence-electron chi connectivity index (χ1n) is 4.18. The summed E-state index contributed by atoms with van der Waals surface area (Å²) in [5, 5.41) is 14.2. The third-order valence-electron chi connectivity index (χ3n) is 1.54. The molecule has 1 aliphatic rings. The molecule has 1 rings (SSSR count). The summed E-state index contributed by atoms with van der Waals surface area (Å²) in [5.74, 6) is -0.833. The molecule has 1 saturated heterocycles. The van der Waals surface area contributed by atoms with Gasteiger partial charge in [-0.25, -0.2) is 0 Å². The number of carbonyl (C=O) groups is 1. The molecule has 12 heavy (non-hydrogen) atoms. The summed E-state index contributed by atoms with van der Waals surface area (Å²) in [5.41, 5.74) is 0. The van der Waals surface area contributed by atoms with E-state index in [4.69, 9.17) is 9.90 Å². The number of carboxylic acids is 1. The molecular weight excluding hydrogens is 156 g/mol. The van der Waals surface area contributed by atoms with Crippen molar-refractivity contribution in [3.8, 4) is 0 Å². The van der Waals surface area contributed by atoms with Gasteiger partial charge in [0.15, 0.2) is 0 Å². The van der Waals surface area contributed by atoms with Crippen LogP contribution in [0.1, 0.15) is 20.8 Å². The van der Waals surface area contributed by atoms with Crippen LogP contribution in [0.25, 0.3) is 0 Å². The van der Waals surface area contributed by atoms with E-state index in [1.54, 1.807) is 0 Å². The molecule has 0 bridgehead atoms. The van der Waals surface area contributed by atoms with Gasteiger partial charge in [0.25, 0.3) is 5.97 Å². The van der Waals surface area contributed by atoms with Crippen molar-refractivity contribution in [1.82, 2.24) is 10.6 Å². The van der Waals surface area contributed by atoms with Gasteiger partial charge in [0.05, 0.1) is 0 Å². The lowest BCUT2D eigenvalue weighted by molar-refractivity contribution is -0.134. The van der Waals surface area contributed by atoms with Gasteiger partial charge in [-0.05, 0) is 13.8 Å². The van der Waals surface area contributed by atoms with Crippen molar-refractivity contribution in [2.24, 2.45) is 0 Å². The molecule has 0 radical (unpaired) electrons. The average molecular weight is 174 g/mol. The van der Waals surface area contributed by atoms with E-state index in [0.717, 1.165) is 20.0 Å². The third kappa shape index (κ3) is 7.50. The molecule has 2 atom stereocenters.